The molecule has 11 heteroatoms. The molecule has 7 nitrogen and oxygen atoms in total. The number of hydrogen-bond donors (Lipinski definition) is 1. The molecule has 0 aliphatic carbocycles. The second-order valence-corrected chi connectivity index (χ2v) is 10.2. The molecule has 0 unspecified atom stereocenters. The summed E-state index contributed by atoms with van der Waals surface area (Å²) < 4.78 is 40.0. The summed E-state index contributed by atoms with van der Waals surface area (Å²) in [5.74, 6) is -1.30. The second-order valence-electron chi connectivity index (χ2n) is 7.44. The maximum absolute atomic E-state index is 14.2. The molecule has 2 aromatic rings. The van der Waals surface area contributed by atoms with E-state index in [1.807, 2.05) is 0 Å². The molecule has 2 amide bonds. The second kappa shape index (κ2) is 11.7. The maximum atomic E-state index is 14.2. The van der Waals surface area contributed by atoms with E-state index in [4.69, 9.17) is 23.2 Å². The lowest BCUT2D eigenvalue weighted by atomic mass is 10.1. The maximum Gasteiger partial charge on any atom is 0.242 e. The highest BCUT2D eigenvalue weighted by Gasteiger charge is 2.27. The van der Waals surface area contributed by atoms with Gasteiger partial charge in [-0.1, -0.05) is 41.4 Å². The summed E-state index contributed by atoms with van der Waals surface area (Å²) in [5, 5.41) is 3.00. The van der Waals surface area contributed by atoms with Crippen molar-refractivity contribution in [3.8, 4) is 0 Å². The van der Waals surface area contributed by atoms with Crippen molar-refractivity contribution < 1.29 is 22.4 Å². The van der Waals surface area contributed by atoms with E-state index >= 15 is 0 Å². The molecule has 2 aromatic carbocycles. The largest absolute Gasteiger partial charge is 0.357 e. The van der Waals surface area contributed by atoms with Crippen LogP contribution < -0.4 is 9.62 Å². The molecule has 0 radical (unpaired) electrons. The third kappa shape index (κ3) is 7.31. The number of amides is 2. The monoisotopic (exact) mass is 517 g/mol. The molecule has 0 aliphatic heterocycles. The Balaban J connectivity index is 2.19. The van der Waals surface area contributed by atoms with E-state index in [1.54, 1.807) is 19.1 Å². The van der Waals surface area contributed by atoms with Gasteiger partial charge in [-0.3, -0.25) is 13.9 Å². The molecule has 0 heterocycles. The van der Waals surface area contributed by atoms with Gasteiger partial charge < -0.3 is 10.2 Å². The van der Waals surface area contributed by atoms with Crippen molar-refractivity contribution in [2.24, 2.45) is 0 Å². The molecule has 0 aromatic heterocycles. The fourth-order valence-corrected chi connectivity index (χ4v) is 4.67. The number of hydrogen-bond acceptors (Lipinski definition) is 4. The first kappa shape index (κ1) is 26.9. The normalized spacial score (nSPS) is 12.2. The fourth-order valence-electron chi connectivity index (χ4n) is 3.26. The number of nitrogens with one attached hydrogen (secondary N) is 1. The number of anilines is 1. The molecule has 1 atom stereocenters. The molecule has 0 fully saturated rings. The Labute approximate surface area is 203 Å². The molecular weight excluding hydrogens is 492 g/mol. The summed E-state index contributed by atoms with van der Waals surface area (Å²) >= 11 is 12.2. The van der Waals surface area contributed by atoms with Crippen LogP contribution in [0.5, 0.6) is 0 Å². The third-order valence-corrected chi connectivity index (χ3v) is 6.78. The zero-order chi connectivity index (χ0) is 24.8. The minimum atomic E-state index is -3.71. The van der Waals surface area contributed by atoms with Crippen LogP contribution in [0.25, 0.3) is 0 Å². The van der Waals surface area contributed by atoms with Crippen LogP contribution in [0.15, 0.2) is 42.5 Å². The molecule has 0 spiro atoms. The minimum absolute atomic E-state index is 0.0352. The van der Waals surface area contributed by atoms with Gasteiger partial charge in [0.1, 0.15) is 11.9 Å². The molecule has 0 aliphatic rings. The topological polar surface area (TPSA) is 86.8 Å². The highest BCUT2D eigenvalue weighted by Crippen LogP contribution is 2.31. The van der Waals surface area contributed by atoms with Gasteiger partial charge in [0.25, 0.3) is 0 Å². The molecule has 0 saturated carbocycles. The fraction of sp³-hybridized carbons (Fsp3) is 0.364. The summed E-state index contributed by atoms with van der Waals surface area (Å²) in [7, 11) is -2.26. The molecule has 2 rings (SSSR count). The Kier molecular flexibility index (Phi) is 9.51. The van der Waals surface area contributed by atoms with Gasteiger partial charge in [-0.25, -0.2) is 12.8 Å². The summed E-state index contributed by atoms with van der Waals surface area (Å²) in [5.41, 5.74) is 0.478. The summed E-state index contributed by atoms with van der Waals surface area (Å²) in [4.78, 5) is 26.5. The average Bonchev–Trinajstić information content (AvgIpc) is 2.76. The Morgan fingerprint density at radius 3 is 2.42 bits per heavy atom. The van der Waals surface area contributed by atoms with Crippen LogP contribution in [-0.4, -0.2) is 51.0 Å². The lowest BCUT2D eigenvalue weighted by Gasteiger charge is -2.29. The lowest BCUT2D eigenvalue weighted by molar-refractivity contribution is -0.140. The molecule has 1 N–H and O–H groups in total. The van der Waals surface area contributed by atoms with Crippen LogP contribution in [0.1, 0.15) is 25.3 Å². The predicted octanol–water partition coefficient (Wildman–Crippen LogP) is 3.84. The van der Waals surface area contributed by atoms with Gasteiger partial charge in [0.2, 0.25) is 21.8 Å². The van der Waals surface area contributed by atoms with Gasteiger partial charge in [-0.2, -0.15) is 0 Å². The Bertz CT molecular complexity index is 1110. The van der Waals surface area contributed by atoms with Crippen molar-refractivity contribution >= 4 is 50.7 Å². The van der Waals surface area contributed by atoms with Crippen LogP contribution in [0.3, 0.4) is 0 Å². The number of rotatable bonds is 10. The molecule has 0 bridgehead atoms. The Hall–Kier alpha value is -2.36. The summed E-state index contributed by atoms with van der Waals surface area (Å²) in [6, 6.07) is 9.61. The smallest absolute Gasteiger partial charge is 0.242 e. The zero-order valence-electron chi connectivity index (χ0n) is 18.5. The molecule has 180 valence electrons. The minimum Gasteiger partial charge on any atom is -0.357 e. The van der Waals surface area contributed by atoms with Crippen molar-refractivity contribution in [3.05, 3.63) is 63.9 Å². The average molecular weight is 518 g/mol. The van der Waals surface area contributed by atoms with E-state index in [0.717, 1.165) is 10.6 Å². The van der Waals surface area contributed by atoms with Crippen molar-refractivity contribution in [3.63, 3.8) is 0 Å². The van der Waals surface area contributed by atoms with Crippen LogP contribution in [0.4, 0.5) is 10.1 Å². The highest BCUT2D eigenvalue weighted by molar-refractivity contribution is 7.92. The van der Waals surface area contributed by atoms with E-state index in [-0.39, 0.29) is 42.2 Å². The first-order chi connectivity index (χ1) is 15.5. The molecular formula is C22H26Cl2FN3O4S. The SMILES string of the molecule is CNC(=O)[C@H](C)N(Cc1ccccc1F)C(=O)CCCN(c1cc(Cl)ccc1Cl)S(C)(=O)=O. The predicted molar refractivity (Wildman–Crippen MR) is 128 cm³/mol. The first-order valence-corrected chi connectivity index (χ1v) is 12.7. The number of halogens is 3. The van der Waals surface area contributed by atoms with Crippen LogP contribution >= 0.6 is 23.2 Å². The number of benzene rings is 2. The first-order valence-electron chi connectivity index (χ1n) is 10.1. The van der Waals surface area contributed by atoms with Crippen molar-refractivity contribution in [2.75, 3.05) is 24.2 Å². The van der Waals surface area contributed by atoms with Gasteiger partial charge in [-0.05, 0) is 37.6 Å². The van der Waals surface area contributed by atoms with Gasteiger partial charge in [-0.15, -0.1) is 0 Å². The van der Waals surface area contributed by atoms with Gasteiger partial charge in [0.05, 0.1) is 17.0 Å². The standard InChI is InChI=1S/C22H26Cl2FN3O4S/c1-15(22(30)26-2)27(14-16-7-4-5-8-19(16)25)21(29)9-6-12-28(33(3,31)32)20-13-17(23)10-11-18(20)24/h4-5,7-8,10-11,13,15H,6,9,12,14H2,1-3H3,(H,26,30)/t15-/m0/s1. The van der Waals surface area contributed by atoms with Crippen LogP contribution in [-0.2, 0) is 26.2 Å². The van der Waals surface area contributed by atoms with Crippen molar-refractivity contribution in [2.45, 2.75) is 32.4 Å². The van der Waals surface area contributed by atoms with Crippen molar-refractivity contribution in [1.82, 2.24) is 10.2 Å². The Morgan fingerprint density at radius 1 is 1.15 bits per heavy atom. The number of nitrogens with zero attached hydrogens (tertiary/aromatic N) is 2. The van der Waals surface area contributed by atoms with Gasteiger partial charge in [0, 0.05) is 37.1 Å². The molecule has 33 heavy (non-hydrogen) atoms. The Morgan fingerprint density at radius 2 is 1.82 bits per heavy atom. The number of carbonyl (C=O) groups is 2. The third-order valence-electron chi connectivity index (χ3n) is 5.04. The van der Waals surface area contributed by atoms with E-state index < -0.39 is 33.7 Å². The highest BCUT2D eigenvalue weighted by atomic mass is 35.5. The quantitative estimate of drug-likeness (QED) is 0.518. The molecule has 0 saturated heterocycles. The number of sulfonamides is 1. The summed E-state index contributed by atoms with van der Waals surface area (Å²) in [6.45, 7) is 1.41. The number of carbonyl (C=O) groups excluding carboxylic acids is 2. The van der Waals surface area contributed by atoms with Crippen LogP contribution in [0, 0.1) is 5.82 Å². The van der Waals surface area contributed by atoms with E-state index in [9.17, 15) is 22.4 Å². The van der Waals surface area contributed by atoms with E-state index in [0.29, 0.717) is 5.02 Å². The van der Waals surface area contributed by atoms with E-state index in [2.05, 4.69) is 5.32 Å². The van der Waals surface area contributed by atoms with E-state index in [1.165, 1.54) is 42.3 Å². The van der Waals surface area contributed by atoms with Gasteiger partial charge >= 0.3 is 0 Å². The van der Waals surface area contributed by atoms with Crippen LogP contribution in [0.2, 0.25) is 10.0 Å². The summed E-state index contributed by atoms with van der Waals surface area (Å²) in [6.07, 6.45) is 1.10. The lowest BCUT2D eigenvalue weighted by Crippen LogP contribution is -2.47. The zero-order valence-corrected chi connectivity index (χ0v) is 20.8. The number of likely N-dealkylation sites (N-methyl/N-ethyl adjacent to an activating group) is 1. The van der Waals surface area contributed by atoms with Crippen molar-refractivity contribution in [1.29, 1.82) is 0 Å². The van der Waals surface area contributed by atoms with Gasteiger partial charge in [0.15, 0.2) is 0 Å².